The molecule has 0 aliphatic heterocycles. The number of halogens is 1. The number of nitrogens with one attached hydrogen (secondary N) is 2. The maximum atomic E-state index is 12.4. The monoisotopic (exact) mass is 369 g/mol. The van der Waals surface area contributed by atoms with E-state index < -0.39 is 0 Å². The molecule has 0 atom stereocenters. The number of benzene rings is 1. The van der Waals surface area contributed by atoms with Crippen LogP contribution in [0.3, 0.4) is 0 Å². The molecule has 7 heteroatoms. The van der Waals surface area contributed by atoms with Gasteiger partial charge in [-0.25, -0.2) is 0 Å². The minimum absolute atomic E-state index is 0. The van der Waals surface area contributed by atoms with Crippen molar-refractivity contribution in [3.05, 3.63) is 18.2 Å². The number of anilines is 2. The largest absolute Gasteiger partial charge is 0.495 e. The molecule has 2 amide bonds. The van der Waals surface area contributed by atoms with E-state index >= 15 is 0 Å². The highest BCUT2D eigenvalue weighted by Crippen LogP contribution is 2.30. The van der Waals surface area contributed by atoms with Crippen molar-refractivity contribution in [1.29, 1.82) is 0 Å². The van der Waals surface area contributed by atoms with Gasteiger partial charge >= 0.3 is 0 Å². The lowest BCUT2D eigenvalue weighted by molar-refractivity contribution is -0.120. The Morgan fingerprint density at radius 3 is 2.56 bits per heavy atom. The van der Waals surface area contributed by atoms with Gasteiger partial charge in [0.1, 0.15) is 5.75 Å². The third-order valence-corrected chi connectivity index (χ3v) is 4.33. The fraction of sp³-hybridized carbons (Fsp3) is 0.556. The van der Waals surface area contributed by atoms with Gasteiger partial charge in [0.15, 0.2) is 0 Å². The molecule has 1 aliphatic rings. The third-order valence-electron chi connectivity index (χ3n) is 4.33. The van der Waals surface area contributed by atoms with E-state index in [0.717, 1.165) is 25.7 Å². The van der Waals surface area contributed by atoms with Crippen LogP contribution in [0, 0.1) is 5.92 Å². The van der Waals surface area contributed by atoms with Crippen molar-refractivity contribution in [3.63, 3.8) is 0 Å². The van der Waals surface area contributed by atoms with E-state index in [2.05, 4.69) is 10.6 Å². The van der Waals surface area contributed by atoms with Crippen molar-refractivity contribution in [2.24, 2.45) is 11.7 Å². The molecule has 0 radical (unpaired) electrons. The molecule has 2 rings (SSSR count). The third kappa shape index (κ3) is 6.55. The Labute approximate surface area is 155 Å². The van der Waals surface area contributed by atoms with E-state index in [-0.39, 0.29) is 30.1 Å². The molecule has 1 fully saturated rings. The summed E-state index contributed by atoms with van der Waals surface area (Å²) in [5.41, 5.74) is 6.64. The Bertz CT molecular complexity index is 575. The highest BCUT2D eigenvalue weighted by Gasteiger charge is 2.22. The van der Waals surface area contributed by atoms with Gasteiger partial charge in [-0.2, -0.15) is 0 Å². The van der Waals surface area contributed by atoms with Crippen LogP contribution >= 0.6 is 12.4 Å². The topological polar surface area (TPSA) is 93.4 Å². The van der Waals surface area contributed by atoms with E-state index in [0.29, 0.717) is 36.5 Å². The lowest BCUT2D eigenvalue weighted by Gasteiger charge is -2.21. The van der Waals surface area contributed by atoms with Crippen LogP contribution in [0.1, 0.15) is 44.9 Å². The molecule has 0 heterocycles. The second-order valence-corrected chi connectivity index (χ2v) is 6.18. The summed E-state index contributed by atoms with van der Waals surface area (Å²) >= 11 is 0. The molecule has 140 valence electrons. The van der Waals surface area contributed by atoms with E-state index in [9.17, 15) is 9.59 Å². The Morgan fingerprint density at radius 2 is 1.92 bits per heavy atom. The summed E-state index contributed by atoms with van der Waals surface area (Å²) in [5, 5.41) is 5.77. The normalized spacial score (nSPS) is 14.3. The van der Waals surface area contributed by atoms with Crippen LogP contribution < -0.4 is 21.1 Å². The van der Waals surface area contributed by atoms with Crippen molar-refractivity contribution in [2.45, 2.75) is 44.9 Å². The molecule has 0 unspecified atom stereocenters. The van der Waals surface area contributed by atoms with Gasteiger partial charge in [0.2, 0.25) is 11.8 Å². The first kappa shape index (κ1) is 21.3. The summed E-state index contributed by atoms with van der Waals surface area (Å²) < 4.78 is 5.31. The van der Waals surface area contributed by atoms with E-state index in [4.69, 9.17) is 10.5 Å². The Kier molecular flexibility index (Phi) is 9.31. The fourth-order valence-electron chi connectivity index (χ4n) is 2.97. The minimum Gasteiger partial charge on any atom is -0.495 e. The summed E-state index contributed by atoms with van der Waals surface area (Å²) in [5.74, 6) is 0.583. The molecular weight excluding hydrogens is 342 g/mol. The number of nitrogens with two attached hydrogens (primary N) is 1. The molecule has 1 saturated carbocycles. The number of methoxy groups -OCH3 is 1. The fourth-order valence-corrected chi connectivity index (χ4v) is 2.97. The van der Waals surface area contributed by atoms with Crippen molar-refractivity contribution < 1.29 is 14.3 Å². The zero-order valence-corrected chi connectivity index (χ0v) is 15.5. The molecule has 25 heavy (non-hydrogen) atoms. The van der Waals surface area contributed by atoms with Crippen LogP contribution in [-0.2, 0) is 9.59 Å². The van der Waals surface area contributed by atoms with Gasteiger partial charge in [0.05, 0.1) is 12.8 Å². The zero-order valence-electron chi connectivity index (χ0n) is 14.7. The van der Waals surface area contributed by atoms with Crippen molar-refractivity contribution in [1.82, 2.24) is 0 Å². The predicted octanol–water partition coefficient (Wildman–Crippen LogP) is 3.31. The van der Waals surface area contributed by atoms with Crippen LogP contribution in [0.15, 0.2) is 18.2 Å². The Morgan fingerprint density at radius 1 is 1.20 bits per heavy atom. The second kappa shape index (κ2) is 10.9. The van der Waals surface area contributed by atoms with Gasteiger partial charge in [-0.3, -0.25) is 9.59 Å². The molecular formula is C18H28ClN3O3. The average Bonchev–Trinajstić information content (AvgIpc) is 2.61. The number of hydrogen-bond donors (Lipinski definition) is 3. The van der Waals surface area contributed by atoms with Gasteiger partial charge < -0.3 is 21.1 Å². The van der Waals surface area contributed by atoms with Crippen LogP contribution in [0.25, 0.3) is 0 Å². The first-order chi connectivity index (χ1) is 11.6. The zero-order chi connectivity index (χ0) is 17.4. The van der Waals surface area contributed by atoms with Gasteiger partial charge in [0, 0.05) is 18.0 Å². The van der Waals surface area contributed by atoms with Crippen molar-refractivity contribution >= 4 is 35.6 Å². The summed E-state index contributed by atoms with van der Waals surface area (Å²) in [4.78, 5) is 24.3. The molecule has 1 aliphatic carbocycles. The standard InChI is InChI=1S/C18H27N3O3.ClH/c1-24-16-10-9-14(20-17(22)8-5-11-19)12-15(16)21-18(23)13-6-3-2-4-7-13;/h9-10,12-13H,2-8,11,19H2,1H3,(H,20,22)(H,21,23);1H. The number of hydrogen-bond acceptors (Lipinski definition) is 4. The minimum atomic E-state index is -0.0878. The van der Waals surface area contributed by atoms with Crippen LogP contribution in [0.4, 0.5) is 11.4 Å². The predicted molar refractivity (Wildman–Crippen MR) is 102 cm³/mol. The van der Waals surface area contributed by atoms with Crippen LogP contribution in [0.5, 0.6) is 5.75 Å². The molecule has 0 aromatic heterocycles. The van der Waals surface area contributed by atoms with Crippen LogP contribution in [0.2, 0.25) is 0 Å². The highest BCUT2D eigenvalue weighted by atomic mass is 35.5. The quantitative estimate of drug-likeness (QED) is 0.687. The summed E-state index contributed by atoms with van der Waals surface area (Å²) in [6, 6.07) is 5.24. The average molecular weight is 370 g/mol. The summed E-state index contributed by atoms with van der Waals surface area (Å²) in [6.45, 7) is 0.485. The Hall–Kier alpha value is -1.79. The van der Waals surface area contributed by atoms with E-state index in [1.165, 1.54) is 6.42 Å². The second-order valence-electron chi connectivity index (χ2n) is 6.18. The van der Waals surface area contributed by atoms with E-state index in [1.807, 2.05) is 0 Å². The molecule has 0 saturated heterocycles. The number of ether oxygens (including phenoxy) is 1. The maximum Gasteiger partial charge on any atom is 0.227 e. The van der Waals surface area contributed by atoms with E-state index in [1.54, 1.807) is 25.3 Å². The lowest BCUT2D eigenvalue weighted by Crippen LogP contribution is -2.25. The first-order valence-corrected chi connectivity index (χ1v) is 8.63. The van der Waals surface area contributed by atoms with Gasteiger partial charge in [-0.1, -0.05) is 19.3 Å². The van der Waals surface area contributed by atoms with Gasteiger partial charge in [-0.15, -0.1) is 12.4 Å². The Balaban J connectivity index is 0.00000312. The molecule has 4 N–H and O–H groups in total. The van der Waals surface area contributed by atoms with Crippen LogP contribution in [-0.4, -0.2) is 25.5 Å². The highest BCUT2D eigenvalue weighted by molar-refractivity contribution is 5.96. The number of carbonyl (C=O) groups is 2. The smallest absolute Gasteiger partial charge is 0.227 e. The molecule has 0 spiro atoms. The lowest BCUT2D eigenvalue weighted by atomic mass is 9.88. The maximum absolute atomic E-state index is 12.4. The summed E-state index contributed by atoms with van der Waals surface area (Å²) in [7, 11) is 1.56. The number of rotatable bonds is 7. The van der Waals surface area contributed by atoms with Crippen molar-refractivity contribution in [2.75, 3.05) is 24.3 Å². The van der Waals surface area contributed by atoms with Gasteiger partial charge in [0.25, 0.3) is 0 Å². The summed E-state index contributed by atoms with van der Waals surface area (Å²) in [6.07, 6.45) is 6.31. The molecule has 0 bridgehead atoms. The van der Waals surface area contributed by atoms with Crippen molar-refractivity contribution in [3.8, 4) is 5.75 Å². The van der Waals surface area contributed by atoms with Gasteiger partial charge in [-0.05, 0) is 44.0 Å². The number of amides is 2. The molecule has 1 aromatic rings. The first-order valence-electron chi connectivity index (χ1n) is 8.63. The SMILES string of the molecule is COc1ccc(NC(=O)CCCN)cc1NC(=O)C1CCCCC1.Cl. The number of carbonyl (C=O) groups excluding carboxylic acids is 2. The molecule has 1 aromatic carbocycles. The molecule has 6 nitrogen and oxygen atoms in total.